The van der Waals surface area contributed by atoms with Crippen LogP contribution in [-0.4, -0.2) is 38.6 Å². The van der Waals surface area contributed by atoms with Crippen LogP contribution < -0.4 is 4.72 Å². The van der Waals surface area contributed by atoms with Crippen LogP contribution in [0, 0.1) is 0 Å². The first kappa shape index (κ1) is 18.1. The number of halogens is 1. The lowest BCUT2D eigenvalue weighted by Crippen LogP contribution is -2.38. The smallest absolute Gasteiger partial charge is 0.240 e. The van der Waals surface area contributed by atoms with E-state index in [2.05, 4.69) is 20.7 Å². The van der Waals surface area contributed by atoms with Gasteiger partial charge in [0, 0.05) is 11.0 Å². The second kappa shape index (κ2) is 7.35. The molecule has 0 radical (unpaired) electrons. The van der Waals surface area contributed by atoms with Crippen molar-refractivity contribution in [3.05, 3.63) is 28.7 Å². The fraction of sp³-hybridized carbons (Fsp3) is 0.462. The molecule has 6 nitrogen and oxygen atoms in total. The maximum absolute atomic E-state index is 12.0. The molecule has 0 bridgehead atoms. The van der Waals surface area contributed by atoms with Crippen molar-refractivity contribution in [3.63, 3.8) is 0 Å². The first-order chi connectivity index (χ1) is 9.64. The van der Waals surface area contributed by atoms with Crippen molar-refractivity contribution in [1.29, 1.82) is 0 Å². The van der Waals surface area contributed by atoms with Gasteiger partial charge in [0.25, 0.3) is 0 Å². The van der Waals surface area contributed by atoms with E-state index in [1.165, 1.54) is 12.1 Å². The Morgan fingerprint density at radius 2 is 1.86 bits per heavy atom. The van der Waals surface area contributed by atoms with Crippen molar-refractivity contribution in [2.45, 2.75) is 31.3 Å². The zero-order valence-electron chi connectivity index (χ0n) is 12.2. The van der Waals surface area contributed by atoms with Crippen LogP contribution in [0.5, 0.6) is 0 Å². The molecular weight excluding hydrogens is 360 g/mol. The molecule has 21 heavy (non-hydrogen) atoms. The molecule has 0 fully saturated rings. The summed E-state index contributed by atoms with van der Waals surface area (Å²) in [6.45, 7) is 5.59. The van der Waals surface area contributed by atoms with E-state index in [4.69, 9.17) is 4.84 Å². The van der Waals surface area contributed by atoms with Crippen LogP contribution in [-0.2, 0) is 19.7 Å². The topological polar surface area (TPSA) is 75.7 Å². The van der Waals surface area contributed by atoms with Crippen molar-refractivity contribution in [3.8, 4) is 0 Å². The number of sulfonamides is 1. The Labute approximate surface area is 133 Å². The molecule has 0 saturated carbocycles. The van der Waals surface area contributed by atoms with Gasteiger partial charge in [-0.1, -0.05) is 15.9 Å². The molecule has 0 heterocycles. The van der Waals surface area contributed by atoms with Crippen LogP contribution in [0.3, 0.4) is 0 Å². The Bertz CT molecular complexity index is 567. The van der Waals surface area contributed by atoms with Gasteiger partial charge >= 0.3 is 0 Å². The minimum Gasteiger partial charge on any atom is -0.276 e. The van der Waals surface area contributed by atoms with Gasteiger partial charge in [0.15, 0.2) is 0 Å². The molecule has 1 aromatic rings. The van der Waals surface area contributed by atoms with E-state index in [0.717, 1.165) is 9.54 Å². The average molecular weight is 379 g/mol. The third kappa shape index (κ3) is 6.56. The van der Waals surface area contributed by atoms with E-state index in [1.54, 1.807) is 32.9 Å². The second-order valence-electron chi connectivity index (χ2n) is 5.30. The molecule has 1 rings (SSSR count). The lowest BCUT2D eigenvalue weighted by atomic mass is 10.2. The minimum absolute atomic E-state index is 0.0627. The molecule has 0 unspecified atom stereocenters. The van der Waals surface area contributed by atoms with Gasteiger partial charge in [0.05, 0.1) is 17.0 Å². The Kier molecular flexibility index (Phi) is 6.33. The molecule has 0 spiro atoms. The summed E-state index contributed by atoms with van der Waals surface area (Å²) in [6.07, 6.45) is 0.527. The van der Waals surface area contributed by atoms with Crippen molar-refractivity contribution in [1.82, 2.24) is 9.79 Å². The largest absolute Gasteiger partial charge is 0.276 e. The van der Waals surface area contributed by atoms with Crippen LogP contribution >= 0.6 is 15.9 Å². The summed E-state index contributed by atoms with van der Waals surface area (Å²) >= 11 is 3.24. The van der Waals surface area contributed by atoms with E-state index in [-0.39, 0.29) is 18.0 Å². The van der Waals surface area contributed by atoms with Crippen LogP contribution in [0.2, 0.25) is 0 Å². The summed E-state index contributed by atoms with van der Waals surface area (Å²) < 4.78 is 27.3. The van der Waals surface area contributed by atoms with Crippen LogP contribution in [0.25, 0.3) is 0 Å². The maximum Gasteiger partial charge on any atom is 0.240 e. The van der Waals surface area contributed by atoms with Gasteiger partial charge in [0.1, 0.15) is 0 Å². The molecule has 8 heteroatoms. The molecule has 0 atom stereocenters. The van der Waals surface area contributed by atoms with Gasteiger partial charge in [0.2, 0.25) is 16.4 Å². The third-order valence-electron chi connectivity index (χ3n) is 2.26. The lowest BCUT2D eigenvalue weighted by Gasteiger charge is -2.26. The minimum atomic E-state index is -3.59. The zero-order valence-corrected chi connectivity index (χ0v) is 14.6. The van der Waals surface area contributed by atoms with Gasteiger partial charge in [-0.15, -0.1) is 0 Å². The summed E-state index contributed by atoms with van der Waals surface area (Å²) in [5.74, 6) is 0. The standard InChI is InChI=1S/C13H19BrN2O4S/c1-13(2,3)20-16(10-17)9-8-15-21(18,19)12-6-4-11(14)5-7-12/h4-7,10,15H,8-9H2,1-3H3. The molecule has 0 saturated heterocycles. The van der Waals surface area contributed by atoms with E-state index >= 15 is 0 Å². The average Bonchev–Trinajstić information content (AvgIpc) is 2.36. The number of hydrogen-bond acceptors (Lipinski definition) is 4. The van der Waals surface area contributed by atoms with E-state index in [1.807, 2.05) is 0 Å². The van der Waals surface area contributed by atoms with Crippen molar-refractivity contribution in [2.24, 2.45) is 0 Å². The van der Waals surface area contributed by atoms with Crippen molar-refractivity contribution < 1.29 is 18.0 Å². The Hall–Kier alpha value is -0.960. The number of rotatable bonds is 7. The second-order valence-corrected chi connectivity index (χ2v) is 7.98. The Morgan fingerprint density at radius 3 is 2.33 bits per heavy atom. The molecule has 0 aromatic heterocycles. The summed E-state index contributed by atoms with van der Waals surface area (Å²) in [5.41, 5.74) is -0.522. The van der Waals surface area contributed by atoms with Gasteiger partial charge in [-0.2, -0.15) is 0 Å². The van der Waals surface area contributed by atoms with E-state index < -0.39 is 15.6 Å². The fourth-order valence-corrected chi connectivity index (χ4v) is 2.74. The highest BCUT2D eigenvalue weighted by Crippen LogP contribution is 2.14. The predicted molar refractivity (Wildman–Crippen MR) is 82.9 cm³/mol. The third-order valence-corrected chi connectivity index (χ3v) is 4.26. The number of carbonyl (C=O) groups is 1. The number of carbonyl (C=O) groups excluding carboxylic acids is 1. The fourth-order valence-electron chi connectivity index (χ4n) is 1.46. The number of nitrogens with one attached hydrogen (secondary N) is 1. The summed E-state index contributed by atoms with van der Waals surface area (Å²) in [7, 11) is -3.59. The van der Waals surface area contributed by atoms with Gasteiger partial charge in [-0.25, -0.2) is 18.2 Å². The molecule has 0 aliphatic heterocycles. The Balaban J connectivity index is 2.57. The van der Waals surface area contributed by atoms with Crippen LogP contribution in [0.15, 0.2) is 33.6 Å². The SMILES string of the molecule is CC(C)(C)ON(C=O)CCNS(=O)(=O)c1ccc(Br)cc1. The number of nitrogens with zero attached hydrogens (tertiary/aromatic N) is 1. The lowest BCUT2D eigenvalue weighted by molar-refractivity contribution is -0.215. The molecule has 0 aliphatic rings. The molecule has 1 N–H and O–H groups in total. The quantitative estimate of drug-likeness (QED) is 0.580. The van der Waals surface area contributed by atoms with Gasteiger partial charge < -0.3 is 0 Å². The zero-order chi connectivity index (χ0) is 16.1. The molecule has 118 valence electrons. The number of hydrogen-bond donors (Lipinski definition) is 1. The molecule has 1 aromatic carbocycles. The first-order valence-electron chi connectivity index (χ1n) is 6.30. The van der Waals surface area contributed by atoms with Gasteiger partial charge in [-0.3, -0.25) is 9.63 Å². The Morgan fingerprint density at radius 1 is 1.29 bits per heavy atom. The highest BCUT2D eigenvalue weighted by atomic mass is 79.9. The molecule has 1 amide bonds. The number of amides is 1. The number of benzene rings is 1. The summed E-state index contributed by atoms with van der Waals surface area (Å²) in [6, 6.07) is 6.29. The predicted octanol–water partition coefficient (Wildman–Crippen LogP) is 1.92. The van der Waals surface area contributed by atoms with E-state index in [0.29, 0.717) is 6.41 Å². The van der Waals surface area contributed by atoms with Gasteiger partial charge in [-0.05, 0) is 45.0 Å². The maximum atomic E-state index is 12.0. The first-order valence-corrected chi connectivity index (χ1v) is 8.58. The monoisotopic (exact) mass is 378 g/mol. The molecular formula is C13H19BrN2O4S. The van der Waals surface area contributed by atoms with E-state index in [9.17, 15) is 13.2 Å². The number of hydroxylamine groups is 2. The normalized spacial score (nSPS) is 12.2. The van der Waals surface area contributed by atoms with Crippen molar-refractivity contribution >= 4 is 32.4 Å². The summed E-state index contributed by atoms with van der Waals surface area (Å²) in [5, 5.41) is 1.07. The highest BCUT2D eigenvalue weighted by Gasteiger charge is 2.17. The summed E-state index contributed by atoms with van der Waals surface area (Å²) in [4.78, 5) is 16.4. The molecule has 0 aliphatic carbocycles. The van der Waals surface area contributed by atoms with Crippen molar-refractivity contribution in [2.75, 3.05) is 13.1 Å². The van der Waals surface area contributed by atoms with Crippen LogP contribution in [0.1, 0.15) is 20.8 Å². The van der Waals surface area contributed by atoms with Crippen LogP contribution in [0.4, 0.5) is 0 Å². The highest BCUT2D eigenvalue weighted by molar-refractivity contribution is 9.10.